The second-order valence-corrected chi connectivity index (χ2v) is 8.98. The molecule has 30 heavy (non-hydrogen) atoms. The average molecular weight is 449 g/mol. The van der Waals surface area contributed by atoms with E-state index in [2.05, 4.69) is 5.32 Å². The van der Waals surface area contributed by atoms with Crippen molar-refractivity contribution in [1.29, 1.82) is 0 Å². The van der Waals surface area contributed by atoms with Crippen molar-refractivity contribution in [2.24, 2.45) is 5.92 Å². The summed E-state index contributed by atoms with van der Waals surface area (Å²) in [5.74, 6) is -2.30. The highest BCUT2D eigenvalue weighted by Gasteiger charge is 2.51. The SMILES string of the molecule is O=C([O-])[C@@H]1Nc2c(cccc2[N+](=O)[O-])[C@@H]2[C@@H](Cl)[C@@H](Sc3ccccc3[N+](=O)[O-])C[C@H]21. The van der Waals surface area contributed by atoms with Crippen molar-refractivity contribution in [3.8, 4) is 0 Å². The van der Waals surface area contributed by atoms with E-state index < -0.39 is 39.1 Å². The Morgan fingerprint density at radius 3 is 2.40 bits per heavy atom. The van der Waals surface area contributed by atoms with E-state index in [1.54, 1.807) is 30.3 Å². The number of nitro groups is 2. The number of thioether (sulfide) groups is 1. The first-order chi connectivity index (χ1) is 14.3. The van der Waals surface area contributed by atoms with E-state index in [1.807, 2.05) is 0 Å². The molecule has 0 bridgehead atoms. The van der Waals surface area contributed by atoms with Crippen molar-refractivity contribution in [2.45, 2.75) is 33.9 Å². The van der Waals surface area contributed by atoms with Gasteiger partial charge in [-0.05, 0) is 24.0 Å². The van der Waals surface area contributed by atoms with E-state index in [9.17, 15) is 30.1 Å². The van der Waals surface area contributed by atoms with E-state index in [0.29, 0.717) is 16.9 Å². The molecular weight excluding hydrogens is 434 g/mol. The Morgan fingerprint density at radius 2 is 1.73 bits per heavy atom. The van der Waals surface area contributed by atoms with Gasteiger partial charge in [-0.3, -0.25) is 20.2 Å². The highest BCUT2D eigenvalue weighted by atomic mass is 35.5. The molecule has 0 unspecified atom stereocenters. The van der Waals surface area contributed by atoms with Gasteiger partial charge in [0.1, 0.15) is 5.69 Å². The van der Waals surface area contributed by atoms with Crippen LogP contribution in [-0.2, 0) is 4.79 Å². The Bertz CT molecular complexity index is 1050. The maximum atomic E-state index is 11.8. The number of carbonyl (C=O) groups is 1. The van der Waals surface area contributed by atoms with E-state index in [0.717, 1.165) is 0 Å². The minimum Gasteiger partial charge on any atom is -0.548 e. The Kier molecular flexibility index (Phi) is 5.29. The lowest BCUT2D eigenvalue weighted by Gasteiger charge is -2.38. The van der Waals surface area contributed by atoms with Gasteiger partial charge in [-0.2, -0.15) is 0 Å². The summed E-state index contributed by atoms with van der Waals surface area (Å²) >= 11 is 7.99. The fourth-order valence-electron chi connectivity index (χ4n) is 4.38. The third kappa shape index (κ3) is 3.35. The molecule has 2 aliphatic rings. The Hall–Kier alpha value is -2.85. The topological polar surface area (TPSA) is 138 Å². The normalized spacial score (nSPS) is 26.9. The number of rotatable bonds is 5. The van der Waals surface area contributed by atoms with Gasteiger partial charge in [0, 0.05) is 23.3 Å². The number of para-hydroxylation sites is 2. The van der Waals surface area contributed by atoms with Crippen molar-refractivity contribution >= 4 is 46.4 Å². The first kappa shape index (κ1) is 20.4. The fraction of sp³-hybridized carbons (Fsp3) is 0.316. The molecule has 11 heteroatoms. The number of hydrogen-bond donors (Lipinski definition) is 1. The molecule has 2 aromatic rings. The molecule has 1 aliphatic carbocycles. The number of carbonyl (C=O) groups excluding carboxylic acids is 1. The summed E-state index contributed by atoms with van der Waals surface area (Å²) in [4.78, 5) is 34.0. The number of carboxylic acids is 1. The molecule has 1 heterocycles. The van der Waals surface area contributed by atoms with E-state index in [-0.39, 0.29) is 22.3 Å². The lowest BCUT2D eigenvalue weighted by molar-refractivity contribution is -0.387. The zero-order valence-electron chi connectivity index (χ0n) is 15.3. The van der Waals surface area contributed by atoms with E-state index in [4.69, 9.17) is 11.6 Å². The van der Waals surface area contributed by atoms with Crippen LogP contribution in [0.4, 0.5) is 17.1 Å². The number of hydrogen-bond acceptors (Lipinski definition) is 8. The van der Waals surface area contributed by atoms with Crippen LogP contribution >= 0.6 is 23.4 Å². The van der Waals surface area contributed by atoms with Gasteiger partial charge in [-0.15, -0.1) is 23.4 Å². The molecule has 4 rings (SSSR count). The third-order valence-corrected chi connectivity index (χ3v) is 7.73. The molecule has 1 saturated carbocycles. The summed E-state index contributed by atoms with van der Waals surface area (Å²) in [5.41, 5.74) is 0.444. The van der Waals surface area contributed by atoms with Crippen LogP contribution in [0.1, 0.15) is 17.9 Å². The maximum absolute atomic E-state index is 11.8. The molecular formula is C19H15ClN3O6S-. The van der Waals surface area contributed by atoms with Crippen LogP contribution in [0.3, 0.4) is 0 Å². The number of aliphatic carboxylic acids is 1. The number of carboxylic acid groups (broad SMARTS) is 1. The van der Waals surface area contributed by atoms with Gasteiger partial charge in [0.05, 0.1) is 32.1 Å². The molecule has 0 spiro atoms. The monoisotopic (exact) mass is 448 g/mol. The molecule has 2 aromatic carbocycles. The van der Waals surface area contributed by atoms with Crippen LogP contribution < -0.4 is 10.4 Å². The summed E-state index contributed by atoms with van der Waals surface area (Å²) in [7, 11) is 0. The second kappa shape index (κ2) is 7.77. The molecule has 1 aliphatic heterocycles. The average Bonchev–Trinajstić information content (AvgIpc) is 3.03. The van der Waals surface area contributed by atoms with Crippen molar-refractivity contribution in [1.82, 2.24) is 0 Å². The van der Waals surface area contributed by atoms with Crippen molar-refractivity contribution in [2.75, 3.05) is 5.32 Å². The standard InChI is InChI=1S/C19H16ClN3O6S/c20-16-14(30-13-7-2-1-5-11(13)22(26)27)8-10-15(16)9-4-3-6-12(23(28)29)17(9)21-18(10)19(24)25/h1-7,10,14-16,18,21H,8H2,(H,24,25)/p-1/t10-,14+,15+,16+,18-/m1/s1. The lowest BCUT2D eigenvalue weighted by atomic mass is 9.79. The summed E-state index contributed by atoms with van der Waals surface area (Å²) < 4.78 is 0. The molecule has 0 aromatic heterocycles. The second-order valence-electron chi connectivity index (χ2n) is 7.19. The first-order valence-corrected chi connectivity index (χ1v) is 10.4. The van der Waals surface area contributed by atoms with E-state index in [1.165, 1.54) is 23.9 Å². The van der Waals surface area contributed by atoms with Crippen LogP contribution in [0.25, 0.3) is 0 Å². The number of fused-ring (bicyclic) bond motifs is 3. The van der Waals surface area contributed by atoms with Crippen LogP contribution in [0, 0.1) is 26.1 Å². The molecule has 0 amide bonds. The predicted octanol–water partition coefficient (Wildman–Crippen LogP) is 2.92. The number of benzene rings is 2. The molecule has 0 saturated heterocycles. The van der Waals surface area contributed by atoms with Crippen LogP contribution in [0.2, 0.25) is 0 Å². The summed E-state index contributed by atoms with van der Waals surface area (Å²) in [5, 5.41) is 36.5. The van der Waals surface area contributed by atoms with Gasteiger partial charge in [0.25, 0.3) is 11.4 Å². The third-order valence-electron chi connectivity index (χ3n) is 5.62. The van der Waals surface area contributed by atoms with Crippen molar-refractivity contribution in [3.05, 3.63) is 68.3 Å². The quantitative estimate of drug-likeness (QED) is 0.418. The van der Waals surface area contributed by atoms with Gasteiger partial charge in [0.2, 0.25) is 0 Å². The molecule has 1 fully saturated rings. The number of alkyl halides is 1. The summed E-state index contributed by atoms with van der Waals surface area (Å²) in [6, 6.07) is 9.68. The smallest absolute Gasteiger partial charge is 0.292 e. The highest BCUT2D eigenvalue weighted by Crippen LogP contribution is 2.56. The zero-order valence-corrected chi connectivity index (χ0v) is 16.8. The van der Waals surface area contributed by atoms with Gasteiger partial charge in [-0.25, -0.2) is 0 Å². The maximum Gasteiger partial charge on any atom is 0.292 e. The summed E-state index contributed by atoms with van der Waals surface area (Å²) in [6.07, 6.45) is 0.364. The zero-order chi connectivity index (χ0) is 21.6. The summed E-state index contributed by atoms with van der Waals surface area (Å²) in [6.45, 7) is 0. The van der Waals surface area contributed by atoms with Crippen molar-refractivity contribution in [3.63, 3.8) is 0 Å². The number of nitrogens with zero attached hydrogens (tertiary/aromatic N) is 2. The van der Waals surface area contributed by atoms with E-state index >= 15 is 0 Å². The lowest BCUT2D eigenvalue weighted by Crippen LogP contribution is -2.49. The van der Waals surface area contributed by atoms with Crippen LogP contribution in [0.5, 0.6) is 0 Å². The van der Waals surface area contributed by atoms with Gasteiger partial charge >= 0.3 is 0 Å². The number of anilines is 1. The molecule has 0 radical (unpaired) electrons. The molecule has 156 valence electrons. The first-order valence-electron chi connectivity index (χ1n) is 9.08. The predicted molar refractivity (Wildman–Crippen MR) is 109 cm³/mol. The van der Waals surface area contributed by atoms with Crippen LogP contribution in [0.15, 0.2) is 47.4 Å². The molecule has 1 N–H and O–H groups in total. The highest BCUT2D eigenvalue weighted by molar-refractivity contribution is 8.00. The van der Waals surface area contributed by atoms with Gasteiger partial charge < -0.3 is 15.2 Å². The Labute approximate surface area is 179 Å². The number of halogens is 1. The largest absolute Gasteiger partial charge is 0.548 e. The van der Waals surface area contributed by atoms with Gasteiger partial charge in [-0.1, -0.05) is 24.3 Å². The minimum absolute atomic E-state index is 0.0492. The fourth-order valence-corrected chi connectivity index (χ4v) is 6.33. The number of nitro benzene ring substituents is 2. The number of nitrogens with one attached hydrogen (secondary N) is 1. The minimum atomic E-state index is -1.37. The Balaban J connectivity index is 1.73. The molecule has 9 nitrogen and oxygen atoms in total. The van der Waals surface area contributed by atoms with Gasteiger partial charge in [0.15, 0.2) is 0 Å². The van der Waals surface area contributed by atoms with Crippen molar-refractivity contribution < 1.29 is 19.7 Å². The van der Waals surface area contributed by atoms with Crippen LogP contribution in [-0.4, -0.2) is 32.5 Å². The molecule has 5 atom stereocenters. The Morgan fingerprint density at radius 1 is 1.07 bits per heavy atom.